The summed E-state index contributed by atoms with van der Waals surface area (Å²) in [6.45, 7) is 6.34. The predicted octanol–water partition coefficient (Wildman–Crippen LogP) is 3.74. The maximum atomic E-state index is 9.68. The summed E-state index contributed by atoms with van der Waals surface area (Å²) in [5.41, 5.74) is -0.726. The van der Waals surface area contributed by atoms with Crippen molar-refractivity contribution in [2.24, 2.45) is 0 Å². The van der Waals surface area contributed by atoms with Gasteiger partial charge in [0.2, 0.25) is 0 Å². The molecule has 2 aromatic carbocycles. The SMILES string of the molecule is CC(C)(O)C(O)c1ccc(Br)cc1.CC(C)(O)C(O)c1ccccc1. The van der Waals surface area contributed by atoms with Gasteiger partial charge in [-0.2, -0.15) is 0 Å². The number of benzene rings is 2. The summed E-state index contributed by atoms with van der Waals surface area (Å²) in [6.07, 6.45) is -1.67. The molecule has 2 unspecified atom stereocenters. The Morgan fingerprint density at radius 3 is 1.40 bits per heavy atom. The van der Waals surface area contributed by atoms with Crippen LogP contribution in [0.15, 0.2) is 59.1 Å². The molecule has 0 fully saturated rings. The van der Waals surface area contributed by atoms with Gasteiger partial charge in [-0.1, -0.05) is 58.4 Å². The second kappa shape index (κ2) is 8.92. The molecule has 0 saturated heterocycles. The number of rotatable bonds is 4. The van der Waals surface area contributed by atoms with Crippen molar-refractivity contribution in [2.45, 2.75) is 51.1 Å². The number of hydrogen-bond donors (Lipinski definition) is 4. The molecule has 0 aliphatic rings. The highest BCUT2D eigenvalue weighted by atomic mass is 79.9. The average Bonchev–Trinajstić information content (AvgIpc) is 2.54. The molecule has 0 spiro atoms. The van der Waals surface area contributed by atoms with E-state index in [-0.39, 0.29) is 0 Å². The molecular weight excluding hydrogens is 384 g/mol. The summed E-state index contributed by atoms with van der Waals surface area (Å²) >= 11 is 3.30. The average molecular weight is 411 g/mol. The molecule has 0 radical (unpaired) electrons. The lowest BCUT2D eigenvalue weighted by molar-refractivity contribution is -0.0497. The Kier molecular flexibility index (Phi) is 7.78. The Hall–Kier alpha value is -1.24. The second-order valence-electron chi connectivity index (χ2n) is 7.07. The maximum Gasteiger partial charge on any atom is 0.107 e. The van der Waals surface area contributed by atoms with Crippen molar-refractivity contribution >= 4 is 15.9 Å². The Balaban J connectivity index is 0.000000251. The highest BCUT2D eigenvalue weighted by Gasteiger charge is 2.26. The van der Waals surface area contributed by atoms with Crippen molar-refractivity contribution in [3.63, 3.8) is 0 Å². The first-order valence-electron chi connectivity index (χ1n) is 8.04. The van der Waals surface area contributed by atoms with Crippen LogP contribution in [-0.2, 0) is 0 Å². The minimum atomic E-state index is -1.10. The molecule has 2 aromatic rings. The van der Waals surface area contributed by atoms with Crippen LogP contribution in [0.1, 0.15) is 51.0 Å². The zero-order chi connectivity index (χ0) is 19.3. The molecule has 2 atom stereocenters. The van der Waals surface area contributed by atoms with Gasteiger partial charge in [-0.3, -0.25) is 0 Å². The largest absolute Gasteiger partial charge is 0.387 e. The number of aliphatic hydroxyl groups excluding tert-OH is 2. The van der Waals surface area contributed by atoms with Crippen LogP contribution in [0.3, 0.4) is 0 Å². The molecule has 4 N–H and O–H groups in total. The maximum absolute atomic E-state index is 9.68. The van der Waals surface area contributed by atoms with Crippen LogP contribution in [0.4, 0.5) is 0 Å². The molecule has 4 nitrogen and oxygen atoms in total. The number of hydrogen-bond acceptors (Lipinski definition) is 4. The molecular formula is C20H27BrO4. The Morgan fingerprint density at radius 2 is 1.04 bits per heavy atom. The highest BCUT2D eigenvalue weighted by Crippen LogP contribution is 2.26. The van der Waals surface area contributed by atoms with E-state index in [4.69, 9.17) is 0 Å². The summed E-state index contributed by atoms with van der Waals surface area (Å²) in [5.74, 6) is 0. The lowest BCUT2D eigenvalue weighted by atomic mass is 9.95. The third-order valence-electron chi connectivity index (χ3n) is 3.64. The van der Waals surface area contributed by atoms with Gasteiger partial charge in [-0.15, -0.1) is 0 Å². The Morgan fingerprint density at radius 1 is 0.680 bits per heavy atom. The van der Waals surface area contributed by atoms with Crippen molar-refractivity contribution in [3.05, 3.63) is 70.2 Å². The van der Waals surface area contributed by atoms with Gasteiger partial charge >= 0.3 is 0 Å². The molecule has 0 amide bonds. The predicted molar refractivity (Wildman–Crippen MR) is 103 cm³/mol. The van der Waals surface area contributed by atoms with E-state index in [1.807, 2.05) is 30.3 Å². The van der Waals surface area contributed by atoms with Crippen molar-refractivity contribution in [3.8, 4) is 0 Å². The monoisotopic (exact) mass is 410 g/mol. The van der Waals surface area contributed by atoms with Crippen LogP contribution >= 0.6 is 15.9 Å². The quantitative estimate of drug-likeness (QED) is 0.618. The van der Waals surface area contributed by atoms with E-state index in [9.17, 15) is 20.4 Å². The summed E-state index contributed by atoms with van der Waals surface area (Å²) in [7, 11) is 0. The van der Waals surface area contributed by atoms with Crippen LogP contribution in [0.25, 0.3) is 0 Å². The van der Waals surface area contributed by atoms with E-state index in [0.717, 1.165) is 15.6 Å². The molecule has 2 rings (SSSR count). The lowest BCUT2D eigenvalue weighted by Crippen LogP contribution is -2.28. The van der Waals surface area contributed by atoms with Crippen LogP contribution in [0.5, 0.6) is 0 Å². The molecule has 0 aliphatic carbocycles. The number of aliphatic hydroxyl groups is 4. The van der Waals surface area contributed by atoms with Gasteiger partial charge in [0.25, 0.3) is 0 Å². The van der Waals surface area contributed by atoms with E-state index in [2.05, 4.69) is 15.9 Å². The van der Waals surface area contributed by atoms with Crippen molar-refractivity contribution in [2.75, 3.05) is 0 Å². The van der Waals surface area contributed by atoms with Crippen LogP contribution in [0, 0.1) is 0 Å². The molecule has 0 heterocycles. The molecule has 0 aromatic heterocycles. The zero-order valence-electron chi connectivity index (χ0n) is 15.0. The Bertz CT molecular complexity index is 627. The molecule has 0 aliphatic heterocycles. The molecule has 0 saturated carbocycles. The van der Waals surface area contributed by atoms with Gasteiger partial charge in [-0.25, -0.2) is 0 Å². The van der Waals surface area contributed by atoms with E-state index < -0.39 is 23.4 Å². The fourth-order valence-electron chi connectivity index (χ4n) is 2.10. The first kappa shape index (κ1) is 21.8. The smallest absolute Gasteiger partial charge is 0.107 e. The van der Waals surface area contributed by atoms with Gasteiger partial charge in [0.1, 0.15) is 12.2 Å². The third kappa shape index (κ3) is 7.26. The van der Waals surface area contributed by atoms with Gasteiger partial charge < -0.3 is 20.4 Å². The van der Waals surface area contributed by atoms with Gasteiger partial charge in [-0.05, 0) is 51.0 Å². The van der Waals surface area contributed by atoms with E-state index in [0.29, 0.717) is 0 Å². The first-order chi connectivity index (χ1) is 11.4. The fourth-order valence-corrected chi connectivity index (χ4v) is 2.36. The van der Waals surface area contributed by atoms with Gasteiger partial charge in [0.15, 0.2) is 0 Å². The second-order valence-corrected chi connectivity index (χ2v) is 7.99. The minimum absolute atomic E-state index is 0.718. The lowest BCUT2D eigenvalue weighted by Gasteiger charge is -2.24. The topological polar surface area (TPSA) is 80.9 Å². The summed E-state index contributed by atoms with van der Waals surface area (Å²) in [5, 5.41) is 38.3. The fraction of sp³-hybridized carbons (Fsp3) is 0.400. The molecule has 25 heavy (non-hydrogen) atoms. The van der Waals surface area contributed by atoms with Crippen LogP contribution in [0.2, 0.25) is 0 Å². The van der Waals surface area contributed by atoms with Crippen molar-refractivity contribution in [1.82, 2.24) is 0 Å². The highest BCUT2D eigenvalue weighted by molar-refractivity contribution is 9.10. The third-order valence-corrected chi connectivity index (χ3v) is 4.17. The van der Waals surface area contributed by atoms with Crippen LogP contribution in [-0.4, -0.2) is 31.6 Å². The number of halogens is 1. The minimum Gasteiger partial charge on any atom is -0.387 e. The standard InChI is InChI=1S/C10H13BrO2.C10H14O2/c1-10(2,13)9(12)7-3-5-8(11)6-4-7;1-10(2,12)9(11)8-6-4-3-5-7-8/h3-6,9,12-13H,1-2H3;3-7,9,11-12H,1-2H3. The van der Waals surface area contributed by atoms with E-state index >= 15 is 0 Å². The van der Waals surface area contributed by atoms with Crippen LogP contribution < -0.4 is 0 Å². The molecule has 0 bridgehead atoms. The normalized spacial score (nSPS) is 14.3. The summed E-state index contributed by atoms with van der Waals surface area (Å²) < 4.78 is 0.958. The van der Waals surface area contributed by atoms with Gasteiger partial charge in [0.05, 0.1) is 11.2 Å². The first-order valence-corrected chi connectivity index (χ1v) is 8.83. The van der Waals surface area contributed by atoms with Crippen molar-refractivity contribution in [1.29, 1.82) is 0 Å². The van der Waals surface area contributed by atoms with Gasteiger partial charge in [0, 0.05) is 4.47 Å². The summed E-state index contributed by atoms with van der Waals surface area (Å²) in [6, 6.07) is 16.4. The molecule has 5 heteroatoms. The van der Waals surface area contributed by atoms with E-state index in [1.165, 1.54) is 0 Å². The van der Waals surface area contributed by atoms with E-state index in [1.54, 1.807) is 52.0 Å². The van der Waals surface area contributed by atoms with Crippen molar-refractivity contribution < 1.29 is 20.4 Å². The summed E-state index contributed by atoms with van der Waals surface area (Å²) in [4.78, 5) is 0. The Labute approximate surface area is 157 Å². The zero-order valence-corrected chi connectivity index (χ0v) is 16.6. The molecule has 138 valence electrons.